The topological polar surface area (TPSA) is 47.0 Å². The summed E-state index contributed by atoms with van der Waals surface area (Å²) in [5.41, 5.74) is 5.21. The van der Waals surface area contributed by atoms with Crippen molar-refractivity contribution in [1.29, 1.82) is 0 Å². The van der Waals surface area contributed by atoms with Gasteiger partial charge >= 0.3 is 0 Å². The summed E-state index contributed by atoms with van der Waals surface area (Å²) in [7, 11) is 0. The van der Waals surface area contributed by atoms with Gasteiger partial charge < -0.3 is 0 Å². The highest BCUT2D eigenvalue weighted by Crippen LogP contribution is 2.25. The number of nitrogens with zero attached hydrogens (tertiary/aromatic N) is 1. The van der Waals surface area contributed by atoms with Gasteiger partial charge in [-0.15, -0.1) is 0 Å². The molecule has 144 valence electrons. The summed E-state index contributed by atoms with van der Waals surface area (Å²) < 4.78 is 0. The summed E-state index contributed by atoms with van der Waals surface area (Å²) in [6.45, 7) is 8.13. The number of benzene rings is 1. The molecule has 0 aliphatic heterocycles. The van der Waals surface area contributed by atoms with E-state index in [1.165, 1.54) is 28.3 Å². The maximum absolute atomic E-state index is 10.1. The summed E-state index contributed by atoms with van der Waals surface area (Å²) in [4.78, 5) is 24.0. The van der Waals surface area contributed by atoms with Crippen molar-refractivity contribution in [3.8, 4) is 11.1 Å². The standard InChI is InChI=1S/C13H14S.C6H7N.C5H4O2/c1-10(2)11-4-3-5-12(8-11)13-6-7-14-9-13;1-6-2-4-7-5-3-6;1-3-2-4(6)5(3)7/h3-10H,1-2H3;2-5H,1H3;2H,1H3. The third kappa shape index (κ3) is 6.39. The van der Waals surface area contributed by atoms with Gasteiger partial charge in [-0.25, -0.2) is 0 Å². The van der Waals surface area contributed by atoms with Crippen molar-refractivity contribution < 1.29 is 0 Å². The summed E-state index contributed by atoms with van der Waals surface area (Å²) in [6.07, 6.45) is 3.57. The van der Waals surface area contributed by atoms with Crippen molar-refractivity contribution >= 4 is 11.3 Å². The van der Waals surface area contributed by atoms with Crippen molar-refractivity contribution in [2.75, 3.05) is 0 Å². The van der Waals surface area contributed by atoms with Crippen LogP contribution in [0.3, 0.4) is 0 Å². The van der Waals surface area contributed by atoms with Crippen LogP contribution in [-0.4, -0.2) is 4.98 Å². The zero-order chi connectivity index (χ0) is 20.5. The molecule has 0 saturated carbocycles. The molecule has 0 unspecified atom stereocenters. The highest BCUT2D eigenvalue weighted by Gasteiger charge is 2.02. The first-order valence-electron chi connectivity index (χ1n) is 9.14. The second-order valence-corrected chi connectivity index (χ2v) is 7.62. The molecule has 0 fully saturated rings. The average Bonchev–Trinajstić information content (AvgIpc) is 3.25. The Morgan fingerprint density at radius 2 is 1.61 bits per heavy atom. The molecule has 0 saturated heterocycles. The molecule has 2 aromatic heterocycles. The molecule has 0 aliphatic rings. The minimum absolute atomic E-state index is 0.333. The zero-order valence-electron chi connectivity index (χ0n) is 16.7. The molecule has 28 heavy (non-hydrogen) atoms. The molecule has 0 radical (unpaired) electrons. The maximum Gasteiger partial charge on any atom is 0.228 e. The minimum atomic E-state index is -0.363. The number of pyridine rings is 1. The molecule has 4 aromatic rings. The molecule has 3 nitrogen and oxygen atoms in total. The van der Waals surface area contributed by atoms with Gasteiger partial charge in [0.15, 0.2) is 0 Å². The molecule has 2 aromatic carbocycles. The lowest BCUT2D eigenvalue weighted by atomic mass is 9.99. The predicted octanol–water partition coefficient (Wildman–Crippen LogP) is 5.52. The van der Waals surface area contributed by atoms with Crippen LogP contribution in [0.5, 0.6) is 0 Å². The summed E-state index contributed by atoms with van der Waals surface area (Å²) in [5, 5.41) is 4.32. The lowest BCUT2D eigenvalue weighted by Crippen LogP contribution is -2.31. The number of thiophene rings is 1. The quantitative estimate of drug-likeness (QED) is 0.423. The van der Waals surface area contributed by atoms with Crippen LogP contribution in [0.2, 0.25) is 0 Å². The lowest BCUT2D eigenvalue weighted by molar-refractivity contribution is 0.867. The second-order valence-electron chi connectivity index (χ2n) is 6.84. The van der Waals surface area contributed by atoms with E-state index in [4.69, 9.17) is 0 Å². The number of aryl methyl sites for hydroxylation is 2. The molecule has 0 atom stereocenters. The normalized spacial score (nSPS) is 10.0. The smallest absolute Gasteiger partial charge is 0.228 e. The maximum atomic E-state index is 10.1. The molecule has 4 heteroatoms. The first-order valence-corrected chi connectivity index (χ1v) is 10.1. The zero-order valence-corrected chi connectivity index (χ0v) is 17.5. The van der Waals surface area contributed by atoms with Crippen LogP contribution in [0.1, 0.15) is 36.5 Å². The first kappa shape index (κ1) is 21.5. The third-order valence-electron chi connectivity index (χ3n) is 4.18. The van der Waals surface area contributed by atoms with Crippen molar-refractivity contribution in [3.05, 3.63) is 109 Å². The van der Waals surface area contributed by atoms with Gasteiger partial charge in [-0.2, -0.15) is 11.3 Å². The van der Waals surface area contributed by atoms with Gasteiger partial charge in [0.2, 0.25) is 10.9 Å². The minimum Gasteiger partial charge on any atom is -0.286 e. The van der Waals surface area contributed by atoms with Crippen molar-refractivity contribution in [2.24, 2.45) is 0 Å². The Morgan fingerprint density at radius 1 is 0.893 bits per heavy atom. The molecule has 2 heterocycles. The number of rotatable bonds is 2. The molecule has 0 spiro atoms. The van der Waals surface area contributed by atoms with Crippen molar-refractivity contribution in [3.63, 3.8) is 0 Å². The summed E-state index contributed by atoms with van der Waals surface area (Å²) >= 11 is 1.75. The van der Waals surface area contributed by atoms with Crippen LogP contribution in [0.25, 0.3) is 11.1 Å². The molecule has 0 N–H and O–H groups in total. The Hall–Kier alpha value is -2.85. The van der Waals surface area contributed by atoms with Gasteiger partial charge in [0.25, 0.3) is 0 Å². The van der Waals surface area contributed by atoms with Gasteiger partial charge in [-0.3, -0.25) is 14.6 Å². The van der Waals surface area contributed by atoms with E-state index in [0.29, 0.717) is 11.5 Å². The molecule has 0 bridgehead atoms. The van der Waals surface area contributed by atoms with Crippen molar-refractivity contribution in [1.82, 2.24) is 4.98 Å². The Morgan fingerprint density at radius 3 is 2.00 bits per heavy atom. The van der Waals surface area contributed by atoms with Gasteiger partial charge in [-0.1, -0.05) is 38.1 Å². The number of hydrogen-bond acceptors (Lipinski definition) is 4. The highest BCUT2D eigenvalue weighted by atomic mass is 32.1. The van der Waals surface area contributed by atoms with Gasteiger partial charge in [-0.05, 0) is 77.0 Å². The molecule has 4 rings (SSSR count). The molecule has 0 aliphatic carbocycles. The van der Waals surface area contributed by atoms with Crippen molar-refractivity contribution in [2.45, 2.75) is 33.6 Å². The second kappa shape index (κ2) is 10.5. The Kier molecular flexibility index (Phi) is 8.02. The number of aromatic nitrogens is 1. The van der Waals surface area contributed by atoms with E-state index in [2.05, 4.69) is 59.9 Å². The van der Waals surface area contributed by atoms with Crippen LogP contribution in [0.15, 0.2) is 81.3 Å². The van der Waals surface area contributed by atoms with Crippen LogP contribution >= 0.6 is 11.3 Å². The molecular formula is C24H25NO2S. The van der Waals surface area contributed by atoms with Gasteiger partial charge in [0.05, 0.1) is 0 Å². The average molecular weight is 392 g/mol. The Labute approximate surface area is 170 Å². The van der Waals surface area contributed by atoms with E-state index in [-0.39, 0.29) is 10.9 Å². The molecular weight excluding hydrogens is 366 g/mol. The van der Waals surface area contributed by atoms with Crippen LogP contribution in [-0.2, 0) is 0 Å². The van der Waals surface area contributed by atoms with Crippen LogP contribution < -0.4 is 10.9 Å². The highest BCUT2D eigenvalue weighted by molar-refractivity contribution is 7.08. The van der Waals surface area contributed by atoms with E-state index < -0.39 is 0 Å². The van der Waals surface area contributed by atoms with E-state index in [1.54, 1.807) is 30.7 Å². The fraction of sp³-hybridized carbons (Fsp3) is 0.208. The summed E-state index contributed by atoms with van der Waals surface area (Å²) in [6, 6.07) is 16.2. The van der Waals surface area contributed by atoms with Crippen LogP contribution in [0, 0.1) is 13.8 Å². The third-order valence-corrected chi connectivity index (χ3v) is 4.87. The lowest BCUT2D eigenvalue weighted by Gasteiger charge is -2.06. The van der Waals surface area contributed by atoms with E-state index >= 15 is 0 Å². The Bertz CT molecular complexity index is 1040. The first-order chi connectivity index (χ1) is 13.4. The summed E-state index contributed by atoms with van der Waals surface area (Å²) in [5.74, 6) is 0.605. The Balaban J connectivity index is 0.000000168. The van der Waals surface area contributed by atoms with E-state index in [9.17, 15) is 9.59 Å². The van der Waals surface area contributed by atoms with Crippen LogP contribution in [0.4, 0.5) is 0 Å². The molecule has 0 amide bonds. The fourth-order valence-corrected chi connectivity index (χ4v) is 3.04. The monoisotopic (exact) mass is 391 g/mol. The van der Waals surface area contributed by atoms with E-state index in [0.717, 1.165) is 0 Å². The SMILES string of the molecule is CC(C)c1cccc(-c2ccsc2)c1.Cc1cc(=O)c1=O.Cc1ccncc1. The van der Waals surface area contributed by atoms with E-state index in [1.807, 2.05) is 19.1 Å². The number of hydrogen-bond donors (Lipinski definition) is 0. The largest absolute Gasteiger partial charge is 0.286 e. The van der Waals surface area contributed by atoms with Gasteiger partial charge in [0.1, 0.15) is 0 Å². The predicted molar refractivity (Wildman–Crippen MR) is 119 cm³/mol. The fourth-order valence-electron chi connectivity index (χ4n) is 2.38. The van der Waals surface area contributed by atoms with Gasteiger partial charge in [0, 0.05) is 18.0 Å².